The summed E-state index contributed by atoms with van der Waals surface area (Å²) in [6, 6.07) is 6.17. The summed E-state index contributed by atoms with van der Waals surface area (Å²) < 4.78 is 18.4. The second-order valence-electron chi connectivity index (χ2n) is 3.81. The molecule has 0 bridgehead atoms. The van der Waals surface area contributed by atoms with E-state index in [1.165, 1.54) is 12.1 Å². The average molecular weight is 225 g/mol. The Bertz CT molecular complexity index is 286. The summed E-state index contributed by atoms with van der Waals surface area (Å²) in [6.07, 6.45) is 2.21. The summed E-state index contributed by atoms with van der Waals surface area (Å²) in [7, 11) is 0. The normalized spacial score (nSPS) is 12.4. The van der Waals surface area contributed by atoms with Gasteiger partial charge in [-0.3, -0.25) is 0 Å². The maximum Gasteiger partial charge on any atom is 0.123 e. The minimum Gasteiger partial charge on any atom is -0.489 e. The number of hydrogen-bond acceptors (Lipinski definition) is 2. The second-order valence-corrected chi connectivity index (χ2v) is 3.81. The molecule has 0 aliphatic carbocycles. The van der Waals surface area contributed by atoms with Crippen molar-refractivity contribution in [3.8, 4) is 5.75 Å². The van der Waals surface area contributed by atoms with Crippen LogP contribution in [0.3, 0.4) is 0 Å². The van der Waals surface area contributed by atoms with Crippen molar-refractivity contribution in [2.24, 2.45) is 0 Å². The molecule has 16 heavy (non-hydrogen) atoms. The number of benzene rings is 1. The zero-order valence-corrected chi connectivity index (χ0v) is 10.0. The Morgan fingerprint density at radius 2 is 1.94 bits per heavy atom. The highest BCUT2D eigenvalue weighted by molar-refractivity contribution is 5.22. The second kappa shape index (κ2) is 7.23. The molecule has 3 heteroatoms. The van der Waals surface area contributed by atoms with Gasteiger partial charge in [-0.1, -0.05) is 13.8 Å². The monoisotopic (exact) mass is 225 g/mol. The van der Waals surface area contributed by atoms with Crippen molar-refractivity contribution < 1.29 is 9.13 Å². The highest BCUT2D eigenvalue weighted by Crippen LogP contribution is 2.13. The van der Waals surface area contributed by atoms with Gasteiger partial charge in [0.25, 0.3) is 0 Å². The SMILES string of the molecule is CCCNCC(CC)Oc1ccc(F)cc1. The molecule has 0 aliphatic rings. The molecule has 1 rings (SSSR count). The maximum absolute atomic E-state index is 12.7. The molecule has 0 saturated carbocycles. The van der Waals surface area contributed by atoms with E-state index in [2.05, 4.69) is 19.2 Å². The highest BCUT2D eigenvalue weighted by atomic mass is 19.1. The van der Waals surface area contributed by atoms with Crippen molar-refractivity contribution in [1.82, 2.24) is 5.32 Å². The van der Waals surface area contributed by atoms with Crippen molar-refractivity contribution in [2.45, 2.75) is 32.8 Å². The molecule has 1 atom stereocenters. The lowest BCUT2D eigenvalue weighted by molar-refractivity contribution is 0.193. The van der Waals surface area contributed by atoms with Gasteiger partial charge < -0.3 is 10.1 Å². The van der Waals surface area contributed by atoms with E-state index in [9.17, 15) is 4.39 Å². The Morgan fingerprint density at radius 3 is 2.50 bits per heavy atom. The molecular weight excluding hydrogens is 205 g/mol. The van der Waals surface area contributed by atoms with Gasteiger partial charge in [0, 0.05) is 6.54 Å². The summed E-state index contributed by atoms with van der Waals surface area (Å²) in [4.78, 5) is 0. The summed E-state index contributed by atoms with van der Waals surface area (Å²) in [6.45, 7) is 6.06. The van der Waals surface area contributed by atoms with E-state index in [-0.39, 0.29) is 11.9 Å². The lowest BCUT2D eigenvalue weighted by atomic mass is 10.2. The fourth-order valence-corrected chi connectivity index (χ4v) is 1.41. The van der Waals surface area contributed by atoms with Crippen LogP contribution in [0, 0.1) is 5.82 Å². The van der Waals surface area contributed by atoms with Crippen molar-refractivity contribution in [2.75, 3.05) is 13.1 Å². The van der Waals surface area contributed by atoms with Crippen LogP contribution in [0.25, 0.3) is 0 Å². The van der Waals surface area contributed by atoms with Gasteiger partial charge in [0.05, 0.1) is 0 Å². The third-order valence-electron chi connectivity index (χ3n) is 2.37. The maximum atomic E-state index is 12.7. The Kier molecular flexibility index (Phi) is 5.86. The quantitative estimate of drug-likeness (QED) is 0.720. The molecule has 1 aromatic carbocycles. The average Bonchev–Trinajstić information content (AvgIpc) is 2.31. The van der Waals surface area contributed by atoms with Gasteiger partial charge in [0.1, 0.15) is 17.7 Å². The molecule has 1 N–H and O–H groups in total. The van der Waals surface area contributed by atoms with E-state index in [0.29, 0.717) is 0 Å². The first-order valence-corrected chi connectivity index (χ1v) is 5.89. The van der Waals surface area contributed by atoms with Gasteiger partial charge in [-0.25, -0.2) is 4.39 Å². The van der Waals surface area contributed by atoms with E-state index >= 15 is 0 Å². The number of ether oxygens (including phenoxy) is 1. The molecule has 2 nitrogen and oxygen atoms in total. The topological polar surface area (TPSA) is 21.3 Å². The van der Waals surface area contributed by atoms with Gasteiger partial charge in [-0.15, -0.1) is 0 Å². The van der Waals surface area contributed by atoms with Gasteiger partial charge in [0.2, 0.25) is 0 Å². The summed E-state index contributed by atoms with van der Waals surface area (Å²) in [5.74, 6) is 0.496. The molecule has 90 valence electrons. The Morgan fingerprint density at radius 1 is 1.25 bits per heavy atom. The summed E-state index contributed by atoms with van der Waals surface area (Å²) in [5, 5.41) is 3.32. The van der Waals surface area contributed by atoms with Crippen LogP contribution in [-0.4, -0.2) is 19.2 Å². The van der Waals surface area contributed by atoms with Crippen molar-refractivity contribution in [3.63, 3.8) is 0 Å². The third kappa shape index (κ3) is 4.62. The Hall–Kier alpha value is -1.09. The first-order chi connectivity index (χ1) is 7.76. The fraction of sp³-hybridized carbons (Fsp3) is 0.538. The molecular formula is C13H20FNO. The molecule has 1 aromatic rings. The van der Waals surface area contributed by atoms with Crippen LogP contribution < -0.4 is 10.1 Å². The van der Waals surface area contributed by atoms with Crippen molar-refractivity contribution in [1.29, 1.82) is 0 Å². The molecule has 0 radical (unpaired) electrons. The Balaban J connectivity index is 2.40. The van der Waals surface area contributed by atoms with Crippen LogP contribution in [0.1, 0.15) is 26.7 Å². The predicted molar refractivity (Wildman–Crippen MR) is 64.3 cm³/mol. The van der Waals surface area contributed by atoms with E-state index in [4.69, 9.17) is 4.74 Å². The van der Waals surface area contributed by atoms with Crippen LogP contribution in [0.15, 0.2) is 24.3 Å². The zero-order valence-electron chi connectivity index (χ0n) is 10.0. The molecule has 0 aliphatic heterocycles. The summed E-state index contributed by atoms with van der Waals surface area (Å²) >= 11 is 0. The van der Waals surface area contributed by atoms with E-state index in [1.807, 2.05) is 0 Å². The number of nitrogens with one attached hydrogen (secondary N) is 1. The standard InChI is InChI=1S/C13H20FNO/c1-3-9-15-10-12(4-2)16-13-7-5-11(14)6-8-13/h5-8,12,15H,3-4,9-10H2,1-2H3. The van der Waals surface area contributed by atoms with Gasteiger partial charge in [-0.2, -0.15) is 0 Å². The first-order valence-electron chi connectivity index (χ1n) is 5.89. The third-order valence-corrected chi connectivity index (χ3v) is 2.37. The van der Waals surface area contributed by atoms with Crippen molar-refractivity contribution in [3.05, 3.63) is 30.1 Å². The first kappa shape index (κ1) is 13.0. The van der Waals surface area contributed by atoms with Crippen molar-refractivity contribution >= 4 is 0 Å². The zero-order chi connectivity index (χ0) is 11.8. The van der Waals surface area contributed by atoms with Crippen LogP contribution >= 0.6 is 0 Å². The molecule has 0 spiro atoms. The van der Waals surface area contributed by atoms with Gasteiger partial charge in [-0.05, 0) is 43.7 Å². The highest BCUT2D eigenvalue weighted by Gasteiger charge is 2.07. The molecule has 1 unspecified atom stereocenters. The van der Waals surface area contributed by atoms with Crippen LogP contribution in [0.2, 0.25) is 0 Å². The minimum absolute atomic E-state index is 0.150. The van der Waals surface area contributed by atoms with Crippen LogP contribution in [0.4, 0.5) is 4.39 Å². The number of rotatable bonds is 7. The largest absolute Gasteiger partial charge is 0.489 e. The fourth-order valence-electron chi connectivity index (χ4n) is 1.41. The van der Waals surface area contributed by atoms with Crippen LogP contribution in [-0.2, 0) is 0 Å². The Labute approximate surface area is 96.8 Å². The summed E-state index contributed by atoms with van der Waals surface area (Å²) in [5.41, 5.74) is 0. The van der Waals surface area contributed by atoms with Gasteiger partial charge in [0.15, 0.2) is 0 Å². The van der Waals surface area contributed by atoms with Gasteiger partial charge >= 0.3 is 0 Å². The number of halogens is 1. The van der Waals surface area contributed by atoms with E-state index in [0.717, 1.165) is 31.7 Å². The molecule has 0 aromatic heterocycles. The van der Waals surface area contributed by atoms with Crippen LogP contribution in [0.5, 0.6) is 5.75 Å². The van der Waals surface area contributed by atoms with E-state index in [1.54, 1.807) is 12.1 Å². The lowest BCUT2D eigenvalue weighted by Crippen LogP contribution is -2.31. The molecule has 0 saturated heterocycles. The molecule has 0 amide bonds. The minimum atomic E-state index is -0.232. The predicted octanol–water partition coefficient (Wildman–Crippen LogP) is 2.98. The smallest absolute Gasteiger partial charge is 0.123 e. The van der Waals surface area contributed by atoms with E-state index < -0.39 is 0 Å². The lowest BCUT2D eigenvalue weighted by Gasteiger charge is -2.18. The number of hydrogen-bond donors (Lipinski definition) is 1. The molecule has 0 heterocycles. The molecule has 0 fully saturated rings.